The lowest BCUT2D eigenvalue weighted by atomic mass is 10.0. The fourth-order valence-electron chi connectivity index (χ4n) is 4.95. The molecule has 0 saturated heterocycles. The minimum atomic E-state index is -1.11. The molecule has 0 saturated carbocycles. The molecule has 0 aliphatic carbocycles. The summed E-state index contributed by atoms with van der Waals surface area (Å²) in [5.41, 5.74) is 34.2. The van der Waals surface area contributed by atoms with E-state index in [1.165, 1.54) is 12.8 Å². The maximum Gasteiger partial charge on any atom is 0.252 e. The number of imide groups is 1. The minimum absolute atomic E-state index is 0.116. The Morgan fingerprint density at radius 3 is 1.50 bits per heavy atom. The fourth-order valence-corrected chi connectivity index (χ4v) is 4.95. The van der Waals surface area contributed by atoms with E-state index in [4.69, 9.17) is 34.4 Å². The van der Waals surface area contributed by atoms with Gasteiger partial charge in [-0.2, -0.15) is 0 Å². The third-order valence-corrected chi connectivity index (χ3v) is 7.54. The van der Waals surface area contributed by atoms with Crippen molar-refractivity contribution in [3.63, 3.8) is 0 Å². The molecule has 0 heterocycles. The van der Waals surface area contributed by atoms with E-state index >= 15 is 0 Å². The molecule has 0 aromatic heterocycles. The van der Waals surface area contributed by atoms with Crippen LogP contribution >= 0.6 is 0 Å². The van der Waals surface area contributed by atoms with Crippen molar-refractivity contribution in [2.24, 2.45) is 34.4 Å². The van der Waals surface area contributed by atoms with Crippen LogP contribution in [0.25, 0.3) is 0 Å². The van der Waals surface area contributed by atoms with Gasteiger partial charge in [-0.05, 0) is 90.4 Å². The van der Waals surface area contributed by atoms with E-state index in [0.29, 0.717) is 64.6 Å². The van der Waals surface area contributed by atoms with Crippen molar-refractivity contribution >= 4 is 23.6 Å². The molecule has 0 aromatic carbocycles. The highest BCUT2D eigenvalue weighted by molar-refractivity contribution is 6.03. The van der Waals surface area contributed by atoms with Gasteiger partial charge in [-0.15, -0.1) is 0 Å². The number of unbranched alkanes of at least 4 members (excludes halogenated alkanes) is 11. The molecular weight excluding hydrogens is 536 g/mol. The number of carbonyl (C=O) groups is 4. The first-order chi connectivity index (χ1) is 20.2. The van der Waals surface area contributed by atoms with E-state index in [9.17, 15) is 19.2 Å². The summed E-state index contributed by atoms with van der Waals surface area (Å²) in [5.74, 6) is -2.32. The molecule has 0 aliphatic heterocycles. The Bertz CT molecular complexity index is 740. The van der Waals surface area contributed by atoms with Crippen LogP contribution in [0.2, 0.25) is 0 Å². The Morgan fingerprint density at radius 2 is 1.00 bits per heavy atom. The predicted molar refractivity (Wildman–Crippen MR) is 169 cm³/mol. The number of primary amides is 1. The number of hydrogen-bond acceptors (Lipinski definition) is 9. The normalized spacial score (nSPS) is 13.4. The third-order valence-electron chi connectivity index (χ3n) is 7.54. The molecule has 0 aromatic rings. The second kappa shape index (κ2) is 26.5. The first-order valence-corrected chi connectivity index (χ1v) is 16.3. The first kappa shape index (κ1) is 39.9. The van der Waals surface area contributed by atoms with Gasteiger partial charge in [-0.1, -0.05) is 51.4 Å². The Kier molecular flexibility index (Phi) is 25.2. The van der Waals surface area contributed by atoms with Crippen LogP contribution in [0.5, 0.6) is 0 Å². The van der Waals surface area contributed by atoms with E-state index in [1.807, 2.05) is 0 Å². The summed E-state index contributed by atoms with van der Waals surface area (Å²) in [7, 11) is 0. The van der Waals surface area contributed by atoms with Gasteiger partial charge in [0.15, 0.2) is 0 Å². The first-order valence-electron chi connectivity index (χ1n) is 16.3. The number of rotatable bonds is 28. The molecule has 4 amide bonds. The van der Waals surface area contributed by atoms with Crippen LogP contribution in [0, 0.1) is 0 Å². The molecule has 0 aliphatic rings. The van der Waals surface area contributed by atoms with Crippen molar-refractivity contribution in [1.82, 2.24) is 10.2 Å². The van der Waals surface area contributed by atoms with Gasteiger partial charge in [0.1, 0.15) is 12.1 Å². The van der Waals surface area contributed by atoms with Crippen molar-refractivity contribution in [2.75, 3.05) is 26.2 Å². The number of hydrogen-bond donors (Lipinski definition) is 7. The molecule has 3 unspecified atom stereocenters. The molecule has 0 rings (SSSR count). The van der Waals surface area contributed by atoms with E-state index in [1.54, 1.807) is 0 Å². The third kappa shape index (κ3) is 18.4. The summed E-state index contributed by atoms with van der Waals surface area (Å²) in [4.78, 5) is 53.9. The van der Waals surface area contributed by atoms with E-state index in [2.05, 4.69) is 5.32 Å². The second-order valence-corrected chi connectivity index (χ2v) is 11.3. The molecule has 3 atom stereocenters. The topological polar surface area (TPSA) is 240 Å². The monoisotopic (exact) mass is 598 g/mol. The summed E-state index contributed by atoms with van der Waals surface area (Å²) >= 11 is 0. The van der Waals surface area contributed by atoms with Gasteiger partial charge in [-0.3, -0.25) is 24.1 Å². The Labute approximate surface area is 253 Å². The standard InChI is InChI=1S/C30H62N8O4/c31-20-12-7-5-3-1-2-4-6-8-19-27(39)38(26(28(36)40)18-11-15-23-34)30(42)25(17-10-14-22-33)37-29(41)24(35)16-9-13-21-32/h24-26H,1-23,31-35H2,(H2,36,40)(H,37,41). The maximum absolute atomic E-state index is 13.9. The van der Waals surface area contributed by atoms with Crippen LogP contribution in [-0.4, -0.2) is 72.8 Å². The summed E-state index contributed by atoms with van der Waals surface area (Å²) in [5, 5.41) is 2.75. The lowest BCUT2D eigenvalue weighted by Crippen LogP contribution is -2.58. The number of nitrogens with zero attached hydrogens (tertiary/aromatic N) is 1. The molecule has 12 heteroatoms. The van der Waals surface area contributed by atoms with Crippen LogP contribution < -0.4 is 39.7 Å². The summed E-state index contributed by atoms with van der Waals surface area (Å²) in [6.45, 7) is 2.08. The molecule has 13 N–H and O–H groups in total. The smallest absolute Gasteiger partial charge is 0.252 e. The largest absolute Gasteiger partial charge is 0.368 e. The van der Waals surface area contributed by atoms with Gasteiger partial charge < -0.3 is 39.7 Å². The molecule has 0 fully saturated rings. The van der Waals surface area contributed by atoms with E-state index in [-0.39, 0.29) is 19.3 Å². The highest BCUT2D eigenvalue weighted by Gasteiger charge is 2.37. The lowest BCUT2D eigenvalue weighted by molar-refractivity contribution is -0.154. The van der Waals surface area contributed by atoms with Gasteiger partial charge in [0.25, 0.3) is 5.91 Å². The Hall–Kier alpha value is -2.12. The maximum atomic E-state index is 13.9. The fraction of sp³-hybridized carbons (Fsp3) is 0.867. The molecule has 0 radical (unpaired) electrons. The van der Waals surface area contributed by atoms with Gasteiger partial charge in [0.05, 0.1) is 6.04 Å². The quantitative estimate of drug-likeness (QED) is 0.0640. The van der Waals surface area contributed by atoms with E-state index in [0.717, 1.165) is 56.4 Å². The van der Waals surface area contributed by atoms with Gasteiger partial charge in [0, 0.05) is 6.42 Å². The molecule has 12 nitrogen and oxygen atoms in total. The van der Waals surface area contributed by atoms with E-state index < -0.39 is 41.8 Å². The zero-order valence-electron chi connectivity index (χ0n) is 26.0. The molecular formula is C30H62N8O4. The van der Waals surface area contributed by atoms with Crippen molar-refractivity contribution in [2.45, 2.75) is 140 Å². The summed E-state index contributed by atoms with van der Waals surface area (Å²) in [6.07, 6.45) is 14.0. The number of amides is 4. The second-order valence-electron chi connectivity index (χ2n) is 11.3. The van der Waals surface area contributed by atoms with Crippen LogP contribution in [0.1, 0.15) is 122 Å². The van der Waals surface area contributed by atoms with Gasteiger partial charge in [0.2, 0.25) is 17.7 Å². The van der Waals surface area contributed by atoms with Gasteiger partial charge >= 0.3 is 0 Å². The van der Waals surface area contributed by atoms with Crippen molar-refractivity contribution in [1.29, 1.82) is 0 Å². The number of nitrogens with one attached hydrogen (secondary N) is 1. The zero-order chi connectivity index (χ0) is 31.6. The molecule has 42 heavy (non-hydrogen) atoms. The predicted octanol–water partition coefficient (Wildman–Crippen LogP) is 1.25. The van der Waals surface area contributed by atoms with Crippen molar-refractivity contribution in [3.8, 4) is 0 Å². The Balaban J connectivity index is 5.54. The van der Waals surface area contributed by atoms with Crippen LogP contribution in [-0.2, 0) is 19.2 Å². The number of nitrogens with two attached hydrogens (primary N) is 6. The highest BCUT2D eigenvalue weighted by atomic mass is 16.2. The van der Waals surface area contributed by atoms with Crippen LogP contribution in [0.4, 0.5) is 0 Å². The number of carbonyl (C=O) groups excluding carboxylic acids is 4. The van der Waals surface area contributed by atoms with Crippen molar-refractivity contribution < 1.29 is 19.2 Å². The highest BCUT2D eigenvalue weighted by Crippen LogP contribution is 2.18. The SMILES string of the molecule is NCCCCCCCCCCCC(=O)N(C(=O)C(CCCCN)NC(=O)C(N)CCCCN)C(CCCCN)C(N)=O. The molecule has 0 bridgehead atoms. The zero-order valence-corrected chi connectivity index (χ0v) is 26.0. The van der Waals surface area contributed by atoms with Gasteiger partial charge in [-0.25, -0.2) is 0 Å². The average Bonchev–Trinajstić information content (AvgIpc) is 2.96. The molecule has 246 valence electrons. The van der Waals surface area contributed by atoms with Crippen LogP contribution in [0.15, 0.2) is 0 Å². The average molecular weight is 599 g/mol. The van der Waals surface area contributed by atoms with Crippen molar-refractivity contribution in [3.05, 3.63) is 0 Å². The molecule has 0 spiro atoms. The Morgan fingerprint density at radius 1 is 0.571 bits per heavy atom. The van der Waals surface area contributed by atoms with Crippen LogP contribution in [0.3, 0.4) is 0 Å². The minimum Gasteiger partial charge on any atom is -0.368 e. The lowest BCUT2D eigenvalue weighted by Gasteiger charge is -2.32. The summed E-state index contributed by atoms with van der Waals surface area (Å²) in [6, 6.07) is -2.95. The summed E-state index contributed by atoms with van der Waals surface area (Å²) < 4.78 is 0.